The second-order valence-corrected chi connectivity index (χ2v) is 17.5. The zero-order valence-electron chi connectivity index (χ0n) is 32.3. The number of aliphatic carboxylic acids is 1. The van der Waals surface area contributed by atoms with Gasteiger partial charge in [0.2, 0.25) is 11.6 Å². The lowest BCUT2D eigenvalue weighted by molar-refractivity contribution is -0.777. The van der Waals surface area contributed by atoms with Crippen LogP contribution in [0.15, 0.2) is 82.3 Å². The largest absolute Gasteiger partial charge is 0.691 e. The Morgan fingerprint density at radius 3 is 2.40 bits per heavy atom. The van der Waals surface area contributed by atoms with Crippen LogP contribution in [0.4, 0.5) is 11.4 Å². The number of carboxylic acids is 1. The number of carbonyl (C=O) groups is 2. The predicted molar refractivity (Wildman–Crippen MR) is 215 cm³/mol. The topological polar surface area (TPSA) is 221 Å². The maximum Gasteiger partial charge on any atom is 0.303 e. The Balaban J connectivity index is 1.70. The average molecular weight is 850 g/mol. The number of hydrogen-bond donors (Lipinski definition) is 4. The van der Waals surface area contributed by atoms with Crippen molar-refractivity contribution in [3.05, 3.63) is 83.6 Å². The number of anilines is 1. The summed E-state index contributed by atoms with van der Waals surface area (Å²) in [6, 6.07) is 10.4. The smallest absolute Gasteiger partial charge is 0.303 e. The number of unbranched alkanes of at least 4 members (excludes halogenated alkanes) is 4. The van der Waals surface area contributed by atoms with E-state index in [1.165, 1.54) is 12.1 Å². The van der Waals surface area contributed by atoms with Gasteiger partial charge in [0, 0.05) is 83.0 Å². The van der Waals surface area contributed by atoms with Crippen LogP contribution in [0, 0.1) is 0 Å². The number of carbonyl (C=O) groups excluding carboxylic acids is 1. The number of amides is 1. The fraction of sp³-hybridized carbons (Fsp3) is 0.462. The lowest BCUT2D eigenvalue weighted by atomic mass is 9.77. The number of primary amides is 1. The van der Waals surface area contributed by atoms with E-state index >= 15 is 0 Å². The van der Waals surface area contributed by atoms with Crippen molar-refractivity contribution in [2.45, 2.75) is 106 Å². The molecule has 2 aliphatic heterocycles. The molecular weight excluding hydrogens is 799 g/mol. The average Bonchev–Trinajstić information content (AvgIpc) is 3.51. The summed E-state index contributed by atoms with van der Waals surface area (Å²) in [5.41, 5.74) is 9.75. The number of nitrogens with two attached hydrogens (primary N) is 1. The molecule has 0 saturated carbocycles. The minimum Gasteiger partial charge on any atom is -0.691 e. The number of hydrogen-bond acceptors (Lipinski definition) is 13. The van der Waals surface area contributed by atoms with E-state index in [1.54, 1.807) is 6.07 Å². The van der Waals surface area contributed by atoms with Gasteiger partial charge >= 0.3 is 5.97 Å². The van der Waals surface area contributed by atoms with Crippen molar-refractivity contribution in [2.24, 2.45) is 5.73 Å². The molecule has 312 valence electrons. The number of nitrogens with zero attached hydrogens (tertiary/aromatic N) is 2. The Morgan fingerprint density at radius 2 is 1.70 bits per heavy atom. The number of benzene rings is 2. The second-order valence-electron chi connectivity index (χ2n) is 14.5. The molecule has 5 N–H and O–H groups in total. The highest BCUT2D eigenvalue weighted by Gasteiger charge is 2.45. The molecule has 0 aliphatic carbocycles. The monoisotopic (exact) mass is 849 g/mol. The molecule has 1 unspecified atom stereocenters. The van der Waals surface area contributed by atoms with Crippen LogP contribution in [-0.2, 0) is 49.3 Å². The van der Waals surface area contributed by atoms with Gasteiger partial charge in [0.15, 0.2) is 5.71 Å². The zero-order chi connectivity index (χ0) is 41.6. The molecule has 1 amide bonds. The lowest BCUT2D eigenvalue weighted by Crippen LogP contribution is -2.29. The third-order valence-corrected chi connectivity index (χ3v) is 12.4. The van der Waals surface area contributed by atoms with E-state index in [-0.39, 0.29) is 23.6 Å². The van der Waals surface area contributed by atoms with Crippen LogP contribution >= 0.6 is 24.1 Å². The summed E-state index contributed by atoms with van der Waals surface area (Å²) in [6.45, 7) is 7.45. The predicted octanol–water partition coefficient (Wildman–Crippen LogP) is 6.85. The van der Waals surface area contributed by atoms with Crippen molar-refractivity contribution in [1.29, 1.82) is 0 Å². The third-order valence-electron chi connectivity index (χ3n) is 10.3. The maximum absolute atomic E-state index is 12.3. The van der Waals surface area contributed by atoms with Crippen molar-refractivity contribution >= 4 is 63.2 Å². The van der Waals surface area contributed by atoms with Gasteiger partial charge < -0.3 is 21.0 Å². The highest BCUT2D eigenvalue weighted by Crippen LogP contribution is 2.51. The summed E-state index contributed by atoms with van der Waals surface area (Å²) < 4.78 is 45.9. The fourth-order valence-corrected chi connectivity index (χ4v) is 8.83. The minimum absolute atomic E-state index is 0.117. The number of fused-ring (bicyclic) bond motifs is 2. The van der Waals surface area contributed by atoms with E-state index in [0.717, 1.165) is 83.7 Å². The summed E-state index contributed by atoms with van der Waals surface area (Å²) in [4.78, 5) is 25.1. The van der Waals surface area contributed by atoms with E-state index in [0.29, 0.717) is 49.4 Å². The SMILES string of the molecule is CC1(C)C(/C=C/C=C/C=C2\N(CCCSOOO)c3ccc(S(=O)(=O)O)cc3C2(C)CCCCCC(N)=O)=[N+](CCCCCC(=O)O)c2ccc(SOO[O-])cc21. The first-order valence-corrected chi connectivity index (χ1v) is 21.7. The van der Waals surface area contributed by atoms with Crippen LogP contribution in [0.1, 0.15) is 96.1 Å². The summed E-state index contributed by atoms with van der Waals surface area (Å²) in [6.07, 6.45) is 15.7. The Labute approximate surface area is 342 Å². The molecule has 18 heteroatoms. The summed E-state index contributed by atoms with van der Waals surface area (Å²) >= 11 is 1.77. The Bertz CT molecular complexity index is 1970. The normalized spacial score (nSPS) is 18.4. The van der Waals surface area contributed by atoms with Gasteiger partial charge in [-0.15, -0.1) is 4.33 Å². The standard InChI is InChI=1S/C39H51N3O12S3/c1-38(2)30-26-28(56-54-52-47)18-20-32(30)41(23-12-6-10-17-37(44)45)34(38)14-7-4-8-15-35-39(3,22-11-5-9-16-36(40)43)31-27-29(57(48,49)50)19-21-33(31)42(35)24-13-25-55-53-51-46/h4,7-8,14-15,18-21,26-27H,5-6,9-13,16-17,22-25H2,1-3H3,(H5-,40,43,44,45,46,47,48,49,50). The Hall–Kier alpha value is -3.56. The van der Waals surface area contributed by atoms with Gasteiger partial charge in [0.25, 0.3) is 10.1 Å². The first kappa shape index (κ1) is 46.1. The highest BCUT2D eigenvalue weighted by atomic mass is 32.2. The molecule has 0 bridgehead atoms. The van der Waals surface area contributed by atoms with E-state index < -0.39 is 26.9 Å². The van der Waals surface area contributed by atoms with Crippen LogP contribution in [0.3, 0.4) is 0 Å². The van der Waals surface area contributed by atoms with Gasteiger partial charge in [-0.1, -0.05) is 36.1 Å². The van der Waals surface area contributed by atoms with Crippen molar-refractivity contribution in [2.75, 3.05) is 23.7 Å². The van der Waals surface area contributed by atoms with Gasteiger partial charge in [-0.3, -0.25) is 19.2 Å². The Morgan fingerprint density at radius 1 is 0.947 bits per heavy atom. The first-order chi connectivity index (χ1) is 27.1. The zero-order valence-corrected chi connectivity index (χ0v) is 34.7. The molecule has 1 atom stereocenters. The molecule has 0 saturated heterocycles. The molecule has 15 nitrogen and oxygen atoms in total. The van der Waals surface area contributed by atoms with Crippen LogP contribution in [0.25, 0.3) is 0 Å². The summed E-state index contributed by atoms with van der Waals surface area (Å²) in [5.74, 6) is -0.698. The lowest BCUT2D eigenvalue weighted by Gasteiger charge is -2.30. The molecule has 0 aromatic heterocycles. The van der Waals surface area contributed by atoms with Gasteiger partial charge in [-0.05, 0) is 94.8 Å². The highest BCUT2D eigenvalue weighted by molar-refractivity contribution is 7.94. The number of rotatable bonds is 25. The molecule has 0 fully saturated rings. The van der Waals surface area contributed by atoms with Crippen molar-refractivity contribution in [3.8, 4) is 0 Å². The van der Waals surface area contributed by atoms with Crippen LogP contribution in [0.5, 0.6) is 0 Å². The van der Waals surface area contributed by atoms with E-state index in [9.17, 15) is 27.8 Å². The first-order valence-electron chi connectivity index (χ1n) is 18.6. The molecule has 0 radical (unpaired) electrons. The minimum atomic E-state index is -4.49. The third kappa shape index (κ3) is 12.2. The molecule has 0 spiro atoms. The van der Waals surface area contributed by atoms with Gasteiger partial charge in [0.1, 0.15) is 6.54 Å². The van der Waals surface area contributed by atoms with Gasteiger partial charge in [-0.2, -0.15) is 17.3 Å². The van der Waals surface area contributed by atoms with Crippen molar-refractivity contribution < 1.29 is 61.5 Å². The molecule has 2 aliphatic rings. The van der Waals surface area contributed by atoms with E-state index in [2.05, 4.69) is 42.1 Å². The van der Waals surface area contributed by atoms with Crippen molar-refractivity contribution in [1.82, 2.24) is 0 Å². The van der Waals surface area contributed by atoms with E-state index in [4.69, 9.17) is 16.1 Å². The molecule has 2 heterocycles. The summed E-state index contributed by atoms with van der Waals surface area (Å²) in [5, 5.41) is 35.4. The van der Waals surface area contributed by atoms with Crippen molar-refractivity contribution in [3.63, 3.8) is 0 Å². The number of carboxylic acid groups (broad SMARTS) is 1. The molecule has 2 aromatic rings. The molecule has 2 aromatic carbocycles. The Kier molecular flexibility index (Phi) is 17.4. The van der Waals surface area contributed by atoms with Gasteiger partial charge in [0.05, 0.1) is 22.4 Å². The summed E-state index contributed by atoms with van der Waals surface area (Å²) in [7, 11) is -4.49. The fourth-order valence-electron chi connectivity index (χ4n) is 7.57. The van der Waals surface area contributed by atoms with Crippen LogP contribution in [0.2, 0.25) is 0 Å². The quantitative estimate of drug-likeness (QED) is 0.0153. The number of allylic oxidation sites excluding steroid dienone is 6. The molecular formula is C39H51N3O12S3. The van der Waals surface area contributed by atoms with Gasteiger partial charge in [-0.25, -0.2) is 5.26 Å². The van der Waals surface area contributed by atoms with Crippen LogP contribution < -0.4 is 15.9 Å². The molecule has 57 heavy (non-hydrogen) atoms. The van der Waals surface area contributed by atoms with E-state index in [1.807, 2.05) is 55.5 Å². The van der Waals surface area contributed by atoms with Crippen LogP contribution in [-0.4, -0.2) is 64.3 Å². The second kappa shape index (κ2) is 21.4. The molecule has 4 rings (SSSR count). The maximum atomic E-state index is 12.3.